The molecule has 0 radical (unpaired) electrons. The molecule has 1 saturated heterocycles. The van der Waals surface area contributed by atoms with Crippen molar-refractivity contribution in [2.24, 2.45) is 0 Å². The van der Waals surface area contributed by atoms with Gasteiger partial charge in [0, 0.05) is 5.56 Å². The maximum absolute atomic E-state index is 13.3. The molecule has 3 heterocycles. The molecule has 46 heavy (non-hydrogen) atoms. The fourth-order valence-corrected chi connectivity index (χ4v) is 5.39. The molecule has 2 aromatic heterocycles. The van der Waals surface area contributed by atoms with Crippen LogP contribution < -0.4 is 10.5 Å². The van der Waals surface area contributed by atoms with Crippen LogP contribution in [0.3, 0.4) is 0 Å². The monoisotopic (exact) mass is 661 g/mol. The lowest BCUT2D eigenvalue weighted by Gasteiger charge is -2.16. The summed E-state index contributed by atoms with van der Waals surface area (Å²) in [7, 11) is -4.69. The predicted octanol–water partition coefficient (Wildman–Crippen LogP) is 1.58. The zero-order chi connectivity index (χ0) is 33.6. The summed E-state index contributed by atoms with van der Waals surface area (Å²) in [5, 5.41) is 38.8. The van der Waals surface area contributed by atoms with E-state index in [1.807, 2.05) is 0 Å². The largest absolute Gasteiger partial charge is 0.507 e. The maximum Gasteiger partial charge on any atom is 0.362 e. The Morgan fingerprint density at radius 1 is 1.09 bits per heavy atom. The first kappa shape index (κ1) is 34.6. The highest BCUT2D eigenvalue weighted by molar-refractivity contribution is 7.85. The highest BCUT2D eigenvalue weighted by Crippen LogP contribution is 2.33. The smallest absolute Gasteiger partial charge is 0.362 e. The number of rotatable bonds is 10. The van der Waals surface area contributed by atoms with Crippen LogP contribution in [0.25, 0.3) is 22.3 Å². The van der Waals surface area contributed by atoms with Crippen LogP contribution in [0.2, 0.25) is 0 Å². The average molecular weight is 662 g/mol. The SMILES string of the molecule is CCN(CC)CC.Nc1nc(-c2ccc(F)cc2)cc2c1nnn2[C@@H]1O[C@H](COS(=O)(=O)NC(=O)c2ccccc2O)[C@@H](O)[C@H]1O. The van der Waals surface area contributed by atoms with Gasteiger partial charge in [-0.15, -0.1) is 5.10 Å². The fourth-order valence-electron chi connectivity index (χ4n) is 4.68. The van der Waals surface area contributed by atoms with Gasteiger partial charge in [0.05, 0.1) is 23.4 Å². The second-order valence-electron chi connectivity index (χ2n) is 10.2. The van der Waals surface area contributed by atoms with Gasteiger partial charge in [0.25, 0.3) is 5.91 Å². The third kappa shape index (κ3) is 7.93. The molecule has 15 nitrogen and oxygen atoms in total. The molecule has 0 aliphatic carbocycles. The summed E-state index contributed by atoms with van der Waals surface area (Å²) in [6.07, 6.45) is -5.91. The van der Waals surface area contributed by atoms with Crippen LogP contribution in [0.5, 0.6) is 5.75 Å². The number of carbonyl (C=O) groups excluding carboxylic acids is 1. The number of halogens is 1. The third-order valence-electron chi connectivity index (χ3n) is 7.30. The number of nitrogens with two attached hydrogens (primary N) is 1. The van der Waals surface area contributed by atoms with Crippen molar-refractivity contribution in [3.8, 4) is 17.0 Å². The summed E-state index contributed by atoms with van der Waals surface area (Å²) < 4.78 is 51.1. The molecule has 248 valence electrons. The van der Waals surface area contributed by atoms with E-state index in [1.165, 1.54) is 74.2 Å². The summed E-state index contributed by atoms with van der Waals surface area (Å²) >= 11 is 0. The molecule has 1 amide bonds. The first-order valence-corrected chi connectivity index (χ1v) is 15.8. The van der Waals surface area contributed by atoms with Gasteiger partial charge >= 0.3 is 10.3 Å². The summed E-state index contributed by atoms with van der Waals surface area (Å²) in [6, 6.07) is 12.3. The number of nitrogens with one attached hydrogen (secondary N) is 1. The Labute approximate surface area is 264 Å². The Kier molecular flexibility index (Phi) is 11.2. The third-order valence-corrected chi connectivity index (χ3v) is 8.18. The number of carbonyl (C=O) groups is 1. The van der Waals surface area contributed by atoms with Gasteiger partial charge in [-0.2, -0.15) is 8.42 Å². The summed E-state index contributed by atoms with van der Waals surface area (Å²) in [5.41, 5.74) is 7.04. The molecule has 4 atom stereocenters. The number of aromatic hydroxyl groups is 1. The molecule has 1 aliphatic heterocycles. The molecule has 17 heteroatoms. The Morgan fingerprint density at radius 3 is 2.35 bits per heavy atom. The van der Waals surface area contributed by atoms with Crippen LogP contribution in [0.4, 0.5) is 10.2 Å². The number of nitrogen functional groups attached to an aromatic ring is 1. The van der Waals surface area contributed by atoms with Gasteiger partial charge in [-0.25, -0.2) is 18.8 Å². The van der Waals surface area contributed by atoms with E-state index < -0.39 is 58.9 Å². The number of anilines is 1. The lowest BCUT2D eigenvalue weighted by atomic mass is 10.1. The minimum Gasteiger partial charge on any atom is -0.507 e. The van der Waals surface area contributed by atoms with Gasteiger partial charge in [-0.05, 0) is 62.1 Å². The lowest BCUT2D eigenvalue weighted by Crippen LogP contribution is -2.37. The van der Waals surface area contributed by atoms with Crippen molar-refractivity contribution in [1.82, 2.24) is 29.6 Å². The van der Waals surface area contributed by atoms with E-state index in [0.29, 0.717) is 11.3 Å². The number of amides is 1. The number of aliphatic hydroxyl groups is 2. The number of benzene rings is 2. The molecule has 0 unspecified atom stereocenters. The molecule has 0 saturated carbocycles. The average Bonchev–Trinajstić information content (AvgIpc) is 3.58. The molecule has 2 aromatic carbocycles. The molecule has 1 fully saturated rings. The number of aromatic nitrogens is 4. The number of hydrogen-bond acceptors (Lipinski definition) is 13. The standard InChI is InChI=1S/C23H21FN6O8S.C6H15N/c24-12-7-5-11(6-8-12)14-9-15-18(21(25)26-14)27-29-30(15)23-20(33)19(32)17(38-23)10-37-39(35,36)28-22(34)13-3-1-2-4-16(13)31;1-4-7(5-2)6-3/h1-9,17,19-20,23,31-33H,10H2,(H2,25,26)(H,28,34);4-6H2,1-3H3/t17-,19-,20-,23-;/m1./s1. The van der Waals surface area contributed by atoms with Crippen molar-refractivity contribution in [3.63, 3.8) is 0 Å². The van der Waals surface area contributed by atoms with E-state index in [2.05, 4.69) is 41.0 Å². The van der Waals surface area contributed by atoms with Crippen LogP contribution >= 0.6 is 0 Å². The topological polar surface area (TPSA) is 215 Å². The number of aliphatic hydroxyl groups excluding tert-OH is 2. The van der Waals surface area contributed by atoms with Gasteiger partial charge in [0.1, 0.15) is 29.9 Å². The van der Waals surface area contributed by atoms with Crippen LogP contribution in [-0.2, 0) is 19.2 Å². The van der Waals surface area contributed by atoms with E-state index in [4.69, 9.17) is 14.7 Å². The minimum absolute atomic E-state index is 0.00252. The minimum atomic E-state index is -4.69. The zero-order valence-electron chi connectivity index (χ0n) is 25.3. The van der Waals surface area contributed by atoms with Crippen molar-refractivity contribution in [2.75, 3.05) is 32.0 Å². The van der Waals surface area contributed by atoms with E-state index in [0.717, 1.165) is 4.68 Å². The second kappa shape index (κ2) is 14.9. The van der Waals surface area contributed by atoms with E-state index in [-0.39, 0.29) is 22.4 Å². The van der Waals surface area contributed by atoms with Gasteiger partial charge < -0.3 is 30.7 Å². The Bertz CT molecular complexity index is 1750. The number of phenolic OH excluding ortho intramolecular Hbond substituents is 1. The fraction of sp³-hybridized carbons (Fsp3) is 0.379. The van der Waals surface area contributed by atoms with E-state index >= 15 is 0 Å². The van der Waals surface area contributed by atoms with Gasteiger partial charge in [0.15, 0.2) is 17.6 Å². The lowest BCUT2D eigenvalue weighted by molar-refractivity contribution is -0.0533. The van der Waals surface area contributed by atoms with E-state index in [9.17, 15) is 32.9 Å². The maximum atomic E-state index is 13.3. The molecular weight excluding hydrogens is 625 g/mol. The van der Waals surface area contributed by atoms with Gasteiger partial charge in [-0.1, -0.05) is 38.1 Å². The van der Waals surface area contributed by atoms with E-state index in [1.54, 1.807) is 4.72 Å². The van der Waals surface area contributed by atoms with Crippen molar-refractivity contribution in [3.05, 3.63) is 66.0 Å². The van der Waals surface area contributed by atoms with Crippen molar-refractivity contribution in [1.29, 1.82) is 0 Å². The molecule has 0 spiro atoms. The Balaban J connectivity index is 0.000000617. The number of fused-ring (bicyclic) bond motifs is 1. The second-order valence-corrected chi connectivity index (χ2v) is 11.5. The number of phenols is 1. The van der Waals surface area contributed by atoms with Crippen LogP contribution in [-0.4, -0.2) is 99.1 Å². The molecule has 4 aromatic rings. The van der Waals surface area contributed by atoms with Crippen LogP contribution in [0.1, 0.15) is 37.4 Å². The number of nitrogens with zero attached hydrogens (tertiary/aromatic N) is 5. The molecule has 1 aliphatic rings. The first-order chi connectivity index (χ1) is 21.9. The highest BCUT2D eigenvalue weighted by atomic mass is 32.2. The van der Waals surface area contributed by atoms with Crippen molar-refractivity contribution in [2.45, 2.75) is 45.3 Å². The van der Waals surface area contributed by atoms with Crippen molar-refractivity contribution >= 4 is 33.1 Å². The van der Waals surface area contributed by atoms with Gasteiger partial charge in [-0.3, -0.25) is 8.98 Å². The molecule has 5 rings (SSSR count). The van der Waals surface area contributed by atoms with Crippen molar-refractivity contribution < 1.29 is 41.8 Å². The number of ether oxygens (including phenoxy) is 1. The van der Waals surface area contributed by atoms with Crippen LogP contribution in [0, 0.1) is 5.82 Å². The first-order valence-electron chi connectivity index (χ1n) is 14.4. The number of hydrogen-bond donors (Lipinski definition) is 5. The van der Waals surface area contributed by atoms with Gasteiger partial charge in [0.2, 0.25) is 0 Å². The quantitative estimate of drug-likeness (QED) is 0.163. The molecule has 0 bridgehead atoms. The number of para-hydroxylation sites is 1. The van der Waals surface area contributed by atoms with Crippen LogP contribution in [0.15, 0.2) is 54.6 Å². The normalized spacial score (nSPS) is 19.6. The Hall–Kier alpha value is -4.26. The zero-order valence-corrected chi connectivity index (χ0v) is 26.1. The molecular formula is C29H36FN7O8S. The summed E-state index contributed by atoms with van der Waals surface area (Å²) in [5.74, 6) is -2.03. The Morgan fingerprint density at radius 2 is 1.74 bits per heavy atom. The summed E-state index contributed by atoms with van der Waals surface area (Å²) in [4.78, 5) is 18.8. The predicted molar refractivity (Wildman–Crippen MR) is 165 cm³/mol. The molecule has 6 N–H and O–H groups in total. The highest BCUT2D eigenvalue weighted by Gasteiger charge is 2.45. The summed E-state index contributed by atoms with van der Waals surface area (Å²) in [6.45, 7) is 9.34. The number of pyridine rings is 1.